The van der Waals surface area contributed by atoms with Crippen LogP contribution >= 0.6 is 11.6 Å². The van der Waals surface area contributed by atoms with Crippen LogP contribution in [0.15, 0.2) is 65.6 Å². The smallest absolute Gasteiger partial charge is 0.261 e. The minimum Gasteiger partial charge on any atom is -0.492 e. The molecule has 0 radical (unpaired) electrons. The summed E-state index contributed by atoms with van der Waals surface area (Å²) >= 11 is 6.08. The molecule has 0 aromatic heterocycles. The molecule has 0 fully saturated rings. The zero-order valence-electron chi connectivity index (χ0n) is 18.1. The molecule has 0 atom stereocenters. The van der Waals surface area contributed by atoms with Crippen molar-refractivity contribution >= 4 is 33.2 Å². The summed E-state index contributed by atoms with van der Waals surface area (Å²) in [5, 5.41) is 3.41. The van der Waals surface area contributed by atoms with Crippen LogP contribution < -0.4 is 14.8 Å². The molecule has 0 saturated heterocycles. The molecule has 0 saturated carbocycles. The molecule has 168 valence electrons. The molecule has 32 heavy (non-hydrogen) atoms. The van der Waals surface area contributed by atoms with Crippen LogP contribution in [0.4, 0.5) is 5.69 Å². The van der Waals surface area contributed by atoms with Crippen molar-refractivity contribution in [1.82, 2.24) is 5.32 Å². The van der Waals surface area contributed by atoms with Crippen LogP contribution in [-0.2, 0) is 10.0 Å². The number of carbonyl (C=O) groups excluding carboxylic acids is 1. The number of amides is 1. The summed E-state index contributed by atoms with van der Waals surface area (Å²) in [7, 11) is -3.77. The van der Waals surface area contributed by atoms with Crippen molar-refractivity contribution in [2.75, 3.05) is 17.9 Å². The molecule has 0 unspecified atom stereocenters. The van der Waals surface area contributed by atoms with E-state index in [1.54, 1.807) is 55.5 Å². The number of benzene rings is 3. The lowest BCUT2D eigenvalue weighted by atomic mass is 10.1. The molecule has 0 aliphatic rings. The second-order valence-electron chi connectivity index (χ2n) is 7.41. The molecule has 8 heteroatoms. The van der Waals surface area contributed by atoms with E-state index in [4.69, 9.17) is 16.3 Å². The van der Waals surface area contributed by atoms with Gasteiger partial charge in [-0.05, 0) is 68.3 Å². The number of ether oxygens (including phenoxy) is 1. The van der Waals surface area contributed by atoms with Crippen molar-refractivity contribution in [2.45, 2.75) is 25.7 Å². The summed E-state index contributed by atoms with van der Waals surface area (Å²) in [5.41, 5.74) is 3.19. The van der Waals surface area contributed by atoms with Gasteiger partial charge in [-0.25, -0.2) is 8.42 Å². The molecule has 3 aromatic carbocycles. The van der Waals surface area contributed by atoms with Gasteiger partial charge in [-0.2, -0.15) is 0 Å². The zero-order chi connectivity index (χ0) is 23.3. The van der Waals surface area contributed by atoms with Crippen LogP contribution in [0.25, 0.3) is 0 Å². The Balaban J connectivity index is 1.63. The summed E-state index contributed by atoms with van der Waals surface area (Å²) < 4.78 is 33.6. The summed E-state index contributed by atoms with van der Waals surface area (Å²) in [6.07, 6.45) is 0. The Morgan fingerprint density at radius 2 is 1.72 bits per heavy atom. The molecule has 0 spiro atoms. The van der Waals surface area contributed by atoms with Gasteiger partial charge in [0.2, 0.25) is 0 Å². The Labute approximate surface area is 193 Å². The molecular weight excluding hydrogens is 448 g/mol. The van der Waals surface area contributed by atoms with Gasteiger partial charge in [0.15, 0.2) is 0 Å². The highest BCUT2D eigenvalue weighted by molar-refractivity contribution is 7.92. The van der Waals surface area contributed by atoms with Crippen molar-refractivity contribution in [2.24, 2.45) is 0 Å². The summed E-state index contributed by atoms with van der Waals surface area (Å²) in [5.74, 6) is 0.308. The van der Waals surface area contributed by atoms with Crippen molar-refractivity contribution in [3.8, 4) is 5.75 Å². The summed E-state index contributed by atoms with van der Waals surface area (Å²) in [6, 6.07) is 16.9. The topological polar surface area (TPSA) is 84.5 Å². The fourth-order valence-corrected chi connectivity index (χ4v) is 4.30. The SMILES string of the molecule is Cc1ccc(S(=O)(=O)Nc2cccc(C(=O)NCCOc3ccc(C)c(Cl)c3)c2C)cc1. The van der Waals surface area contributed by atoms with E-state index in [-0.39, 0.29) is 24.0 Å². The number of hydrogen-bond donors (Lipinski definition) is 2. The van der Waals surface area contributed by atoms with E-state index in [1.807, 2.05) is 26.0 Å². The molecule has 0 heterocycles. The number of halogens is 1. The second kappa shape index (κ2) is 10.1. The Morgan fingerprint density at radius 3 is 2.41 bits per heavy atom. The number of anilines is 1. The molecular formula is C24H25ClN2O4S. The quantitative estimate of drug-likeness (QED) is 0.458. The van der Waals surface area contributed by atoms with Crippen molar-refractivity contribution in [1.29, 1.82) is 0 Å². The van der Waals surface area contributed by atoms with Gasteiger partial charge in [0.25, 0.3) is 15.9 Å². The fourth-order valence-electron chi connectivity index (χ4n) is 3.01. The third-order valence-corrected chi connectivity index (χ3v) is 6.74. The number of carbonyl (C=O) groups is 1. The standard InChI is InChI=1S/C24H25ClN2O4S/c1-16-7-11-20(12-8-16)32(29,30)27-23-6-4-5-21(18(23)3)24(28)26-13-14-31-19-10-9-17(2)22(25)15-19/h4-12,15,27H,13-14H2,1-3H3,(H,26,28). The van der Waals surface area contributed by atoms with Gasteiger partial charge in [0, 0.05) is 10.6 Å². The van der Waals surface area contributed by atoms with Gasteiger partial charge in [-0.1, -0.05) is 41.4 Å². The Bertz CT molecular complexity index is 1230. The highest BCUT2D eigenvalue weighted by Gasteiger charge is 2.18. The predicted octanol–water partition coefficient (Wildman–Crippen LogP) is 4.87. The number of nitrogens with one attached hydrogen (secondary N) is 2. The Kier molecular flexibility index (Phi) is 7.43. The lowest BCUT2D eigenvalue weighted by molar-refractivity contribution is 0.0946. The van der Waals surface area contributed by atoms with Gasteiger partial charge in [-0.15, -0.1) is 0 Å². The van der Waals surface area contributed by atoms with E-state index in [0.29, 0.717) is 27.6 Å². The van der Waals surface area contributed by atoms with Gasteiger partial charge in [0.05, 0.1) is 17.1 Å². The third kappa shape index (κ3) is 5.81. The van der Waals surface area contributed by atoms with E-state index < -0.39 is 10.0 Å². The Hall–Kier alpha value is -3.03. The Morgan fingerprint density at radius 1 is 1.00 bits per heavy atom. The molecule has 0 aliphatic carbocycles. The molecule has 3 aromatic rings. The number of sulfonamides is 1. The molecule has 0 bridgehead atoms. The second-order valence-corrected chi connectivity index (χ2v) is 9.50. The highest BCUT2D eigenvalue weighted by Crippen LogP contribution is 2.23. The fraction of sp³-hybridized carbons (Fsp3) is 0.208. The van der Waals surface area contributed by atoms with E-state index in [9.17, 15) is 13.2 Å². The molecule has 2 N–H and O–H groups in total. The average molecular weight is 473 g/mol. The minimum atomic E-state index is -3.77. The predicted molar refractivity (Wildman–Crippen MR) is 127 cm³/mol. The first-order valence-electron chi connectivity index (χ1n) is 10.0. The lowest BCUT2D eigenvalue weighted by Gasteiger charge is -2.14. The molecule has 0 aliphatic heterocycles. The number of aryl methyl sites for hydroxylation is 2. The van der Waals surface area contributed by atoms with Crippen LogP contribution in [0.5, 0.6) is 5.75 Å². The highest BCUT2D eigenvalue weighted by atomic mass is 35.5. The maximum Gasteiger partial charge on any atom is 0.261 e. The van der Waals surface area contributed by atoms with E-state index >= 15 is 0 Å². The lowest BCUT2D eigenvalue weighted by Crippen LogP contribution is -2.29. The van der Waals surface area contributed by atoms with Crippen molar-refractivity contribution in [3.63, 3.8) is 0 Å². The van der Waals surface area contributed by atoms with Gasteiger partial charge < -0.3 is 10.1 Å². The van der Waals surface area contributed by atoms with Gasteiger partial charge in [0.1, 0.15) is 12.4 Å². The maximum atomic E-state index is 12.7. The van der Waals surface area contributed by atoms with E-state index in [2.05, 4.69) is 10.0 Å². The summed E-state index contributed by atoms with van der Waals surface area (Å²) in [6.45, 7) is 6.04. The molecule has 1 amide bonds. The number of rotatable bonds is 8. The first kappa shape index (κ1) is 23.6. The maximum absolute atomic E-state index is 12.7. The van der Waals surface area contributed by atoms with Gasteiger partial charge in [-0.3, -0.25) is 9.52 Å². The molecule has 3 rings (SSSR count). The van der Waals surface area contributed by atoms with Crippen molar-refractivity contribution < 1.29 is 17.9 Å². The van der Waals surface area contributed by atoms with Crippen LogP contribution in [0, 0.1) is 20.8 Å². The normalized spacial score (nSPS) is 11.1. The van der Waals surface area contributed by atoms with E-state index in [1.165, 1.54) is 0 Å². The number of hydrogen-bond acceptors (Lipinski definition) is 4. The van der Waals surface area contributed by atoms with E-state index in [0.717, 1.165) is 11.1 Å². The van der Waals surface area contributed by atoms with Crippen LogP contribution in [0.1, 0.15) is 27.0 Å². The first-order valence-corrected chi connectivity index (χ1v) is 11.9. The monoisotopic (exact) mass is 472 g/mol. The average Bonchev–Trinajstić information content (AvgIpc) is 2.75. The van der Waals surface area contributed by atoms with Crippen molar-refractivity contribution in [3.05, 3.63) is 87.9 Å². The van der Waals surface area contributed by atoms with Crippen LogP contribution in [0.3, 0.4) is 0 Å². The third-order valence-electron chi connectivity index (χ3n) is 4.95. The largest absolute Gasteiger partial charge is 0.492 e. The summed E-state index contributed by atoms with van der Waals surface area (Å²) in [4.78, 5) is 12.8. The zero-order valence-corrected chi connectivity index (χ0v) is 19.7. The minimum absolute atomic E-state index is 0.158. The first-order chi connectivity index (χ1) is 15.2. The van der Waals surface area contributed by atoms with Crippen LogP contribution in [-0.4, -0.2) is 27.5 Å². The molecule has 6 nitrogen and oxygen atoms in total. The van der Waals surface area contributed by atoms with Gasteiger partial charge >= 0.3 is 0 Å². The van der Waals surface area contributed by atoms with Crippen LogP contribution in [0.2, 0.25) is 5.02 Å².